The molecule has 1 aromatic carbocycles. The summed E-state index contributed by atoms with van der Waals surface area (Å²) < 4.78 is 52.3. The standard InChI is InChI=1S/C22H22F3N7O3/c1-26-18-10-17(28-15-8-13(23)9-16-19(15)35-7-6-34-16)29-21-14(11-27-32(18)21)22(33)30-31-4-2-12(3-5-31)20(24)25/h8-11,26H,2-7H2,1H3,(H,28,29)(H,30,33). The molecule has 0 spiro atoms. The van der Waals surface area contributed by atoms with Crippen molar-refractivity contribution in [2.75, 3.05) is 44.0 Å². The van der Waals surface area contributed by atoms with Gasteiger partial charge in [-0.15, -0.1) is 0 Å². The number of piperidine rings is 1. The number of carbonyl (C=O) groups is 1. The molecule has 13 heteroatoms. The summed E-state index contributed by atoms with van der Waals surface area (Å²) in [5.74, 6) is 0.489. The van der Waals surface area contributed by atoms with Crippen molar-refractivity contribution >= 4 is 28.9 Å². The Bertz CT molecular complexity index is 1310. The highest BCUT2D eigenvalue weighted by atomic mass is 19.3. The summed E-state index contributed by atoms with van der Waals surface area (Å²) in [4.78, 5) is 17.5. The fraction of sp³-hybridized carbons (Fsp3) is 0.318. The maximum atomic E-state index is 14.1. The molecular formula is C22H22F3N7O3. The lowest BCUT2D eigenvalue weighted by Crippen LogP contribution is -2.45. The molecule has 0 radical (unpaired) electrons. The van der Waals surface area contributed by atoms with Gasteiger partial charge in [-0.25, -0.2) is 14.4 Å². The summed E-state index contributed by atoms with van der Waals surface area (Å²) in [6.45, 7) is 1.18. The molecule has 0 unspecified atom stereocenters. The van der Waals surface area contributed by atoms with Crippen LogP contribution in [-0.2, 0) is 0 Å². The Morgan fingerprint density at radius 3 is 2.63 bits per heavy atom. The molecule has 0 saturated carbocycles. The van der Waals surface area contributed by atoms with E-state index in [1.807, 2.05) is 0 Å². The third-order valence-corrected chi connectivity index (χ3v) is 5.74. The molecule has 0 bridgehead atoms. The zero-order valence-corrected chi connectivity index (χ0v) is 18.7. The highest BCUT2D eigenvalue weighted by molar-refractivity contribution is 5.99. The zero-order chi connectivity index (χ0) is 24.5. The molecule has 5 rings (SSSR count). The molecule has 3 aromatic rings. The first kappa shape index (κ1) is 22.8. The number of fused-ring (bicyclic) bond motifs is 2. The van der Waals surface area contributed by atoms with E-state index < -0.39 is 17.8 Å². The SMILES string of the molecule is CNc1cc(Nc2cc(F)cc3c2OCCO3)nc2c(C(=O)NN3CCC(=C(F)F)CC3)cnn12. The van der Waals surface area contributed by atoms with E-state index in [1.165, 1.54) is 22.8 Å². The number of ether oxygens (including phenoxy) is 2. The van der Waals surface area contributed by atoms with Gasteiger partial charge < -0.3 is 20.1 Å². The second kappa shape index (κ2) is 9.33. The van der Waals surface area contributed by atoms with Gasteiger partial charge in [0.25, 0.3) is 12.0 Å². The third-order valence-electron chi connectivity index (χ3n) is 5.74. The molecule has 1 amide bonds. The van der Waals surface area contributed by atoms with Gasteiger partial charge in [-0.3, -0.25) is 10.2 Å². The van der Waals surface area contributed by atoms with Crippen LogP contribution in [0.2, 0.25) is 0 Å². The number of nitrogens with one attached hydrogen (secondary N) is 3. The Balaban J connectivity index is 1.43. The minimum Gasteiger partial charge on any atom is -0.486 e. The van der Waals surface area contributed by atoms with Crippen LogP contribution in [0.3, 0.4) is 0 Å². The van der Waals surface area contributed by atoms with Crippen LogP contribution in [0.1, 0.15) is 23.2 Å². The molecule has 1 saturated heterocycles. The summed E-state index contributed by atoms with van der Waals surface area (Å²) in [5.41, 5.74) is 3.59. The maximum absolute atomic E-state index is 14.1. The van der Waals surface area contributed by atoms with E-state index in [0.717, 1.165) is 0 Å². The van der Waals surface area contributed by atoms with E-state index in [4.69, 9.17) is 9.47 Å². The Kier molecular flexibility index (Phi) is 6.07. The monoisotopic (exact) mass is 489 g/mol. The average molecular weight is 489 g/mol. The molecular weight excluding hydrogens is 467 g/mol. The van der Waals surface area contributed by atoms with Gasteiger partial charge in [0, 0.05) is 38.3 Å². The van der Waals surface area contributed by atoms with E-state index in [1.54, 1.807) is 18.1 Å². The lowest BCUT2D eigenvalue weighted by atomic mass is 10.1. The van der Waals surface area contributed by atoms with Crippen LogP contribution >= 0.6 is 0 Å². The van der Waals surface area contributed by atoms with Crippen molar-refractivity contribution in [3.63, 3.8) is 0 Å². The van der Waals surface area contributed by atoms with E-state index in [-0.39, 0.29) is 48.5 Å². The fourth-order valence-electron chi connectivity index (χ4n) is 4.00. The van der Waals surface area contributed by atoms with E-state index in [9.17, 15) is 18.0 Å². The normalized spacial score (nSPS) is 15.7. The maximum Gasteiger partial charge on any atom is 0.271 e. The van der Waals surface area contributed by atoms with Crippen LogP contribution in [-0.4, -0.2) is 58.9 Å². The van der Waals surface area contributed by atoms with Gasteiger partial charge in [0.1, 0.15) is 36.2 Å². The number of nitrogens with zero attached hydrogens (tertiary/aromatic N) is 4. The molecule has 0 atom stereocenters. The molecule has 1 fully saturated rings. The molecule has 10 nitrogen and oxygen atoms in total. The van der Waals surface area contributed by atoms with Crippen LogP contribution in [0.5, 0.6) is 11.5 Å². The van der Waals surface area contributed by atoms with Gasteiger partial charge >= 0.3 is 0 Å². The highest BCUT2D eigenvalue weighted by Gasteiger charge is 2.23. The number of rotatable bonds is 5. The molecule has 4 heterocycles. The molecule has 0 aliphatic carbocycles. The molecule has 2 aliphatic heterocycles. The zero-order valence-electron chi connectivity index (χ0n) is 18.7. The summed E-state index contributed by atoms with van der Waals surface area (Å²) in [6, 6.07) is 4.16. The van der Waals surface area contributed by atoms with Gasteiger partial charge in [-0.1, -0.05) is 0 Å². The quantitative estimate of drug-likeness (QED) is 0.502. The molecule has 184 valence electrons. The van der Waals surface area contributed by atoms with E-state index in [0.29, 0.717) is 36.3 Å². The Hall–Kier alpha value is -4.00. The Morgan fingerprint density at radius 1 is 1.11 bits per heavy atom. The molecule has 35 heavy (non-hydrogen) atoms. The Morgan fingerprint density at radius 2 is 1.89 bits per heavy atom. The van der Waals surface area contributed by atoms with Crippen LogP contribution in [0, 0.1) is 5.82 Å². The highest BCUT2D eigenvalue weighted by Crippen LogP contribution is 2.40. The Labute approximate surface area is 197 Å². The van der Waals surface area contributed by atoms with Gasteiger partial charge in [0.15, 0.2) is 17.1 Å². The van der Waals surface area contributed by atoms with Crippen molar-refractivity contribution < 1.29 is 27.4 Å². The lowest BCUT2D eigenvalue weighted by molar-refractivity contribution is 0.0772. The minimum atomic E-state index is -1.65. The summed E-state index contributed by atoms with van der Waals surface area (Å²) >= 11 is 0. The molecule has 2 aromatic heterocycles. The van der Waals surface area contributed by atoms with Crippen LogP contribution in [0.25, 0.3) is 5.65 Å². The van der Waals surface area contributed by atoms with Crippen molar-refractivity contribution in [1.29, 1.82) is 0 Å². The van der Waals surface area contributed by atoms with Crippen molar-refractivity contribution in [2.45, 2.75) is 12.8 Å². The minimum absolute atomic E-state index is 0.108. The van der Waals surface area contributed by atoms with Crippen LogP contribution in [0.15, 0.2) is 36.0 Å². The van der Waals surface area contributed by atoms with E-state index >= 15 is 0 Å². The number of aromatic nitrogens is 3. The second-order valence-corrected chi connectivity index (χ2v) is 7.96. The number of hydrogen-bond donors (Lipinski definition) is 3. The van der Waals surface area contributed by atoms with Gasteiger partial charge in [-0.05, 0) is 18.4 Å². The number of halogens is 3. The van der Waals surface area contributed by atoms with Gasteiger partial charge in [0.05, 0.1) is 11.9 Å². The topological polar surface area (TPSA) is 105 Å². The van der Waals surface area contributed by atoms with Crippen LogP contribution < -0.4 is 25.5 Å². The average Bonchev–Trinajstić information content (AvgIpc) is 3.28. The number of hydrogen-bond acceptors (Lipinski definition) is 8. The lowest BCUT2D eigenvalue weighted by Gasteiger charge is -2.27. The fourth-order valence-corrected chi connectivity index (χ4v) is 4.00. The van der Waals surface area contributed by atoms with Gasteiger partial charge in [0.2, 0.25) is 0 Å². The largest absolute Gasteiger partial charge is 0.486 e. The molecule has 3 N–H and O–H groups in total. The molecule has 2 aliphatic rings. The van der Waals surface area contributed by atoms with Gasteiger partial charge in [-0.2, -0.15) is 18.4 Å². The first-order valence-corrected chi connectivity index (χ1v) is 10.9. The van der Waals surface area contributed by atoms with Crippen molar-refractivity contribution in [3.8, 4) is 11.5 Å². The van der Waals surface area contributed by atoms with Crippen molar-refractivity contribution in [3.05, 3.63) is 47.4 Å². The summed E-state index contributed by atoms with van der Waals surface area (Å²) in [7, 11) is 1.68. The third kappa shape index (κ3) is 4.54. The van der Waals surface area contributed by atoms with E-state index in [2.05, 4.69) is 26.1 Å². The summed E-state index contributed by atoms with van der Waals surface area (Å²) in [6.07, 6.45) is 0.0769. The first-order chi connectivity index (χ1) is 16.9. The number of hydrazine groups is 1. The van der Waals surface area contributed by atoms with Crippen LogP contribution in [0.4, 0.5) is 30.5 Å². The number of carbonyl (C=O) groups excluding carboxylic acids is 1. The number of anilines is 3. The smallest absolute Gasteiger partial charge is 0.271 e. The second-order valence-electron chi connectivity index (χ2n) is 7.96. The summed E-state index contributed by atoms with van der Waals surface area (Å²) in [5, 5.41) is 11.9. The number of amides is 1. The van der Waals surface area contributed by atoms with Crippen molar-refractivity contribution in [2.24, 2.45) is 0 Å². The predicted molar refractivity (Wildman–Crippen MR) is 121 cm³/mol. The first-order valence-electron chi connectivity index (χ1n) is 10.9. The van der Waals surface area contributed by atoms with Crippen molar-refractivity contribution in [1.82, 2.24) is 25.0 Å². The number of benzene rings is 1. The predicted octanol–water partition coefficient (Wildman–Crippen LogP) is 3.32.